The third-order valence-electron chi connectivity index (χ3n) is 6.38. The highest BCUT2D eigenvalue weighted by atomic mass is 32.3. The summed E-state index contributed by atoms with van der Waals surface area (Å²) < 4.78 is 140. The van der Waals surface area contributed by atoms with Crippen LogP contribution in [0.25, 0.3) is 0 Å². The number of thiophene rings is 3. The van der Waals surface area contributed by atoms with Gasteiger partial charge in [0.1, 0.15) is 10.9 Å². The molecule has 3 nitrogen and oxygen atoms in total. The van der Waals surface area contributed by atoms with Crippen molar-refractivity contribution in [2.45, 2.75) is 114 Å². The van der Waals surface area contributed by atoms with Gasteiger partial charge in [-0.3, -0.25) is 0 Å². The average molecular weight is 749 g/mol. The molecule has 17 heteroatoms. The Balaban J connectivity index is 0.000000358. The summed E-state index contributed by atoms with van der Waals surface area (Å²) in [6.07, 6.45) is 4.22. The summed E-state index contributed by atoms with van der Waals surface area (Å²) in [4.78, 5) is 0. The summed E-state index contributed by atoms with van der Waals surface area (Å²) in [5.74, 6) is -14.8. The molecule has 3 heterocycles. The van der Waals surface area contributed by atoms with Gasteiger partial charge in [-0.05, 0) is 71.4 Å². The van der Waals surface area contributed by atoms with Gasteiger partial charge in [-0.15, -0.1) is 0 Å². The molecule has 0 saturated heterocycles. The van der Waals surface area contributed by atoms with Crippen LogP contribution in [0.1, 0.15) is 76.0 Å². The molecule has 0 atom stereocenters. The molecule has 3 aromatic rings. The van der Waals surface area contributed by atoms with Crippen molar-refractivity contribution in [1.29, 1.82) is 0 Å². The van der Waals surface area contributed by atoms with E-state index in [9.17, 15) is 52.5 Å². The Morgan fingerprint density at radius 3 is 1.18 bits per heavy atom. The molecule has 0 spiro atoms. The van der Waals surface area contributed by atoms with E-state index in [0.717, 1.165) is 0 Å². The lowest BCUT2D eigenvalue weighted by Gasteiger charge is -2.34. The van der Waals surface area contributed by atoms with E-state index >= 15 is 0 Å². The Kier molecular flexibility index (Phi) is 14.4. The third kappa shape index (κ3) is 9.64. The van der Waals surface area contributed by atoms with Gasteiger partial charge in [-0.25, -0.2) is 8.42 Å². The smallest absolute Gasteiger partial charge is 0.460 e. The van der Waals surface area contributed by atoms with Crippen LogP contribution in [0.15, 0.2) is 47.0 Å². The third-order valence-corrected chi connectivity index (χ3v) is 13.5. The van der Waals surface area contributed by atoms with Gasteiger partial charge in [0.05, 0.1) is 0 Å². The lowest BCUT2D eigenvalue weighted by atomic mass is 10.1. The number of unbranched alkanes of at least 4 members (excludes halogenated alkanes) is 3. The zero-order valence-electron chi connectivity index (χ0n) is 24.5. The normalized spacial score (nSPS) is 13.3. The molecule has 0 aliphatic carbocycles. The fourth-order valence-electron chi connectivity index (χ4n) is 3.73. The molecule has 0 aromatic carbocycles. The molecule has 0 saturated carbocycles. The summed E-state index contributed by atoms with van der Waals surface area (Å²) in [6, 6.07) is 7.50. The number of hydrogen-bond acceptors (Lipinski definition) is 6. The molecule has 0 unspecified atom stereocenters. The van der Waals surface area contributed by atoms with Gasteiger partial charge in [-0.1, -0.05) is 74.0 Å². The Hall–Kier alpha value is -1.27. The van der Waals surface area contributed by atoms with Gasteiger partial charge in [0.15, 0.2) is 10.1 Å². The van der Waals surface area contributed by atoms with Crippen LogP contribution in [-0.4, -0.2) is 36.2 Å². The Bertz CT molecular complexity index is 1330. The Morgan fingerprint density at radius 2 is 0.933 bits per heavy atom. The van der Waals surface area contributed by atoms with Crippen LogP contribution in [0.4, 0.5) is 39.5 Å². The van der Waals surface area contributed by atoms with Crippen LogP contribution in [0.3, 0.4) is 0 Å². The van der Waals surface area contributed by atoms with Crippen molar-refractivity contribution in [3.05, 3.63) is 51.0 Å². The molecule has 3 aromatic heterocycles. The standard InChI is InChI=1S/C24H33S4.C4HF9O3S/c1-4-7-10-19-13-22(25-16-19)28(23-14-20(17-26-23)11-8-5-2)24-15-21(18-27-24)12-9-6-3;5-1(6,3(9,10)11)2(7,8)4(12,13)17(14,15)16/h13-18H,4-12H2,1-3H3;(H,14,15,16)/q+1;/p-1. The van der Waals surface area contributed by atoms with Crippen LogP contribution >= 0.6 is 34.0 Å². The molecule has 0 bridgehead atoms. The first-order chi connectivity index (χ1) is 20.7. The zero-order chi connectivity index (χ0) is 34.3. The van der Waals surface area contributed by atoms with Crippen LogP contribution in [0, 0.1) is 0 Å². The summed E-state index contributed by atoms with van der Waals surface area (Å²) in [7, 11) is -7.33. The number of halogens is 9. The highest BCUT2D eigenvalue weighted by molar-refractivity contribution is 8.02. The second-order valence-corrected chi connectivity index (χ2v) is 16.9. The van der Waals surface area contributed by atoms with Crippen LogP contribution in [0.5, 0.6) is 0 Å². The second-order valence-electron chi connectivity index (χ2n) is 10.1. The van der Waals surface area contributed by atoms with Crippen LogP contribution in [-0.2, 0) is 40.3 Å². The van der Waals surface area contributed by atoms with Crippen molar-refractivity contribution in [2.24, 2.45) is 0 Å². The summed E-state index contributed by atoms with van der Waals surface area (Å²) >= 11 is 5.93. The minimum absolute atomic E-state index is 0.0868. The number of hydrogen-bond donors (Lipinski definition) is 0. The highest BCUT2D eigenvalue weighted by Gasteiger charge is 2.83. The molecule has 256 valence electrons. The molecule has 0 amide bonds. The summed E-state index contributed by atoms with van der Waals surface area (Å²) in [5.41, 5.74) is 4.60. The molecule has 3 rings (SSSR count). The van der Waals surface area contributed by atoms with E-state index in [1.807, 2.05) is 34.0 Å². The molecular weight excluding hydrogens is 716 g/mol. The fraction of sp³-hybridized carbons (Fsp3) is 0.571. The van der Waals surface area contributed by atoms with Crippen LogP contribution in [0.2, 0.25) is 0 Å². The number of rotatable bonds is 15. The van der Waals surface area contributed by atoms with E-state index in [2.05, 4.69) is 55.1 Å². The van der Waals surface area contributed by atoms with E-state index in [-0.39, 0.29) is 10.9 Å². The van der Waals surface area contributed by atoms with E-state index in [0.29, 0.717) is 0 Å². The predicted octanol–water partition coefficient (Wildman–Crippen LogP) is 11.0. The van der Waals surface area contributed by atoms with Crippen molar-refractivity contribution in [2.75, 3.05) is 0 Å². The van der Waals surface area contributed by atoms with Crippen LogP contribution < -0.4 is 0 Å². The lowest BCUT2D eigenvalue weighted by molar-refractivity contribution is -0.382. The van der Waals surface area contributed by atoms with Gasteiger partial charge in [0.2, 0.25) is 12.6 Å². The largest absolute Gasteiger partial charge is 0.743 e. The minimum atomic E-state index is -7.43. The monoisotopic (exact) mass is 748 g/mol. The maximum absolute atomic E-state index is 12.2. The van der Waals surface area contributed by atoms with Crippen molar-refractivity contribution in [3.63, 3.8) is 0 Å². The van der Waals surface area contributed by atoms with Gasteiger partial charge < -0.3 is 4.55 Å². The first-order valence-electron chi connectivity index (χ1n) is 13.9. The molecule has 0 N–H and O–H groups in total. The fourth-order valence-corrected chi connectivity index (χ4v) is 11.3. The Labute approximate surface area is 272 Å². The van der Waals surface area contributed by atoms with Crippen molar-refractivity contribution in [3.8, 4) is 0 Å². The minimum Gasteiger partial charge on any atom is -0.743 e. The first kappa shape index (κ1) is 39.9. The van der Waals surface area contributed by atoms with Gasteiger partial charge in [-0.2, -0.15) is 39.5 Å². The second kappa shape index (κ2) is 16.2. The predicted molar refractivity (Wildman–Crippen MR) is 162 cm³/mol. The molecule has 0 fully saturated rings. The highest BCUT2D eigenvalue weighted by Crippen LogP contribution is 2.54. The van der Waals surface area contributed by atoms with E-state index in [1.54, 1.807) is 12.6 Å². The van der Waals surface area contributed by atoms with Gasteiger partial charge in [0.25, 0.3) is 0 Å². The number of aryl methyl sites for hydroxylation is 3. The van der Waals surface area contributed by atoms with E-state index in [1.165, 1.54) is 74.5 Å². The molecule has 45 heavy (non-hydrogen) atoms. The average Bonchev–Trinajstić information content (AvgIpc) is 3.71. The number of alkyl halides is 9. The van der Waals surface area contributed by atoms with Crippen molar-refractivity contribution >= 4 is 55.0 Å². The topological polar surface area (TPSA) is 57.2 Å². The SMILES string of the molecule is CCCCc1csc([S+](c2cc(CCCC)cs2)c2cc(CCCC)cs2)c1.O=S(=O)([O-])C(F)(F)C(F)(F)C(F)(F)C(F)(F)F. The maximum Gasteiger partial charge on any atom is 0.460 e. The van der Waals surface area contributed by atoms with E-state index < -0.39 is 33.4 Å². The maximum atomic E-state index is 12.2. The van der Waals surface area contributed by atoms with Gasteiger partial charge >= 0.3 is 23.3 Å². The Morgan fingerprint density at radius 1 is 0.622 bits per heavy atom. The first-order valence-corrected chi connectivity index (χ1v) is 19.1. The van der Waals surface area contributed by atoms with E-state index in [4.69, 9.17) is 0 Å². The summed E-state index contributed by atoms with van der Waals surface area (Å²) in [5, 5.41) is 0.103. The van der Waals surface area contributed by atoms with Crippen molar-refractivity contribution in [1.82, 2.24) is 0 Å². The molecule has 0 radical (unpaired) electrons. The molecule has 0 aliphatic heterocycles. The molecule has 0 aliphatic rings. The van der Waals surface area contributed by atoms with Gasteiger partial charge in [0, 0.05) is 18.2 Å². The lowest BCUT2D eigenvalue weighted by Crippen LogP contribution is -2.63. The molecular formula is C28H33F9O3S5. The summed E-state index contributed by atoms with van der Waals surface area (Å²) in [6.45, 7) is 6.85. The zero-order valence-corrected chi connectivity index (χ0v) is 28.6. The van der Waals surface area contributed by atoms with Crippen molar-refractivity contribution < 1.29 is 52.5 Å². The quantitative estimate of drug-likeness (QED) is 0.0883.